The van der Waals surface area contributed by atoms with Crippen LogP contribution in [0.5, 0.6) is 0 Å². The summed E-state index contributed by atoms with van der Waals surface area (Å²) in [7, 11) is 1.57. The second-order valence-electron chi connectivity index (χ2n) is 7.54. The molecule has 2 amide bonds. The van der Waals surface area contributed by atoms with Gasteiger partial charge in [0.1, 0.15) is 5.82 Å². The van der Waals surface area contributed by atoms with Crippen LogP contribution >= 0.6 is 0 Å². The number of hydrogen-bond acceptors (Lipinski definition) is 3. The van der Waals surface area contributed by atoms with E-state index in [0.717, 1.165) is 22.4 Å². The molecule has 0 aliphatic carbocycles. The molecule has 0 aliphatic heterocycles. The zero-order valence-corrected chi connectivity index (χ0v) is 18.5. The van der Waals surface area contributed by atoms with Gasteiger partial charge >= 0.3 is 0 Å². The van der Waals surface area contributed by atoms with Gasteiger partial charge in [-0.3, -0.25) is 9.59 Å². The highest BCUT2D eigenvalue weighted by atomic mass is 19.1. The Morgan fingerprint density at radius 1 is 0.971 bits per heavy atom. The number of aromatic nitrogens is 2. The van der Waals surface area contributed by atoms with Gasteiger partial charge in [0.25, 0.3) is 5.91 Å². The van der Waals surface area contributed by atoms with Crippen molar-refractivity contribution in [2.75, 3.05) is 7.05 Å². The van der Waals surface area contributed by atoms with Gasteiger partial charge in [-0.2, -0.15) is 5.10 Å². The minimum Gasteiger partial charge on any atom is -0.355 e. The molecular formula is C27H23FN4O2. The molecule has 0 unspecified atom stereocenters. The number of nitrogens with zero attached hydrogens (tertiary/aromatic N) is 2. The van der Waals surface area contributed by atoms with Crippen molar-refractivity contribution in [2.45, 2.75) is 6.54 Å². The average molecular weight is 455 g/mol. The number of para-hydroxylation sites is 1. The van der Waals surface area contributed by atoms with Crippen molar-refractivity contribution in [2.24, 2.45) is 0 Å². The Hall–Kier alpha value is -4.52. The van der Waals surface area contributed by atoms with Gasteiger partial charge in [-0.1, -0.05) is 30.3 Å². The van der Waals surface area contributed by atoms with Gasteiger partial charge in [-0.05, 0) is 60.2 Å². The minimum atomic E-state index is -0.324. The van der Waals surface area contributed by atoms with Gasteiger partial charge < -0.3 is 10.6 Å². The van der Waals surface area contributed by atoms with E-state index in [-0.39, 0.29) is 24.2 Å². The molecule has 7 heteroatoms. The maximum absolute atomic E-state index is 13.4. The van der Waals surface area contributed by atoms with Gasteiger partial charge in [0.2, 0.25) is 5.91 Å². The van der Waals surface area contributed by atoms with Crippen molar-refractivity contribution >= 4 is 17.9 Å². The second-order valence-corrected chi connectivity index (χ2v) is 7.54. The Morgan fingerprint density at radius 3 is 2.35 bits per heavy atom. The van der Waals surface area contributed by atoms with E-state index < -0.39 is 0 Å². The van der Waals surface area contributed by atoms with Crippen molar-refractivity contribution in [3.63, 3.8) is 0 Å². The lowest BCUT2D eigenvalue weighted by atomic mass is 10.1. The van der Waals surface area contributed by atoms with E-state index >= 15 is 0 Å². The number of nitrogens with one attached hydrogen (secondary N) is 2. The fourth-order valence-corrected chi connectivity index (χ4v) is 3.41. The molecule has 2 N–H and O–H groups in total. The predicted octanol–water partition coefficient (Wildman–Crippen LogP) is 4.37. The van der Waals surface area contributed by atoms with E-state index in [0.29, 0.717) is 11.3 Å². The highest BCUT2D eigenvalue weighted by molar-refractivity contribution is 5.94. The van der Waals surface area contributed by atoms with Crippen LogP contribution in [0.2, 0.25) is 0 Å². The fraction of sp³-hybridized carbons (Fsp3) is 0.0741. The lowest BCUT2D eigenvalue weighted by molar-refractivity contribution is -0.116. The highest BCUT2D eigenvalue weighted by Gasteiger charge is 2.13. The molecular weight excluding hydrogens is 431 g/mol. The zero-order valence-electron chi connectivity index (χ0n) is 18.5. The molecule has 4 aromatic rings. The molecule has 0 spiro atoms. The summed E-state index contributed by atoms with van der Waals surface area (Å²) in [4.78, 5) is 24.1. The Bertz CT molecular complexity index is 1310. The lowest BCUT2D eigenvalue weighted by Crippen LogP contribution is -2.20. The van der Waals surface area contributed by atoms with Gasteiger partial charge in [-0.15, -0.1) is 0 Å². The summed E-state index contributed by atoms with van der Waals surface area (Å²) in [5.74, 6) is -0.760. The molecule has 0 saturated carbocycles. The van der Waals surface area contributed by atoms with Gasteiger partial charge in [0.05, 0.1) is 11.4 Å². The summed E-state index contributed by atoms with van der Waals surface area (Å²) in [6.07, 6.45) is 4.97. The molecule has 0 atom stereocenters. The fourth-order valence-electron chi connectivity index (χ4n) is 3.41. The molecule has 0 aliphatic rings. The van der Waals surface area contributed by atoms with Crippen LogP contribution in [0, 0.1) is 5.82 Å². The number of rotatable bonds is 7. The van der Waals surface area contributed by atoms with Crippen LogP contribution < -0.4 is 10.6 Å². The number of benzene rings is 3. The van der Waals surface area contributed by atoms with Crippen LogP contribution in [0.25, 0.3) is 23.0 Å². The van der Waals surface area contributed by atoms with E-state index in [1.54, 1.807) is 54.2 Å². The Morgan fingerprint density at radius 2 is 1.68 bits per heavy atom. The molecule has 0 fully saturated rings. The predicted molar refractivity (Wildman–Crippen MR) is 130 cm³/mol. The molecule has 34 heavy (non-hydrogen) atoms. The Labute approximate surface area is 196 Å². The zero-order chi connectivity index (χ0) is 23.9. The van der Waals surface area contributed by atoms with E-state index in [1.807, 2.05) is 36.5 Å². The molecule has 0 radical (unpaired) electrons. The maximum atomic E-state index is 13.4. The van der Waals surface area contributed by atoms with E-state index in [2.05, 4.69) is 15.7 Å². The first-order valence-corrected chi connectivity index (χ1v) is 10.7. The third-order valence-corrected chi connectivity index (χ3v) is 5.21. The van der Waals surface area contributed by atoms with Crippen molar-refractivity contribution < 1.29 is 14.0 Å². The van der Waals surface area contributed by atoms with Crippen LogP contribution in [0.3, 0.4) is 0 Å². The van der Waals surface area contributed by atoms with Crippen LogP contribution in [0.1, 0.15) is 21.5 Å². The number of carbonyl (C=O) groups is 2. The molecule has 3 aromatic carbocycles. The molecule has 1 heterocycles. The summed E-state index contributed by atoms with van der Waals surface area (Å²) in [5.41, 5.74) is 4.44. The lowest BCUT2D eigenvalue weighted by Gasteiger charge is -2.04. The Kier molecular flexibility index (Phi) is 6.93. The summed E-state index contributed by atoms with van der Waals surface area (Å²) in [6.45, 7) is 0.248. The smallest absolute Gasteiger partial charge is 0.251 e. The number of hydrogen-bond donors (Lipinski definition) is 2. The highest BCUT2D eigenvalue weighted by Crippen LogP contribution is 2.24. The quantitative estimate of drug-likeness (QED) is 0.407. The van der Waals surface area contributed by atoms with Gasteiger partial charge in [0, 0.05) is 42.6 Å². The molecule has 170 valence electrons. The van der Waals surface area contributed by atoms with Gasteiger partial charge in [-0.25, -0.2) is 9.07 Å². The van der Waals surface area contributed by atoms with Crippen LogP contribution in [0.4, 0.5) is 4.39 Å². The van der Waals surface area contributed by atoms with E-state index in [4.69, 9.17) is 0 Å². The number of carbonyl (C=O) groups excluding carboxylic acids is 2. The second kappa shape index (κ2) is 10.4. The van der Waals surface area contributed by atoms with Crippen molar-refractivity contribution in [1.82, 2.24) is 20.4 Å². The minimum absolute atomic E-state index is 0.165. The summed E-state index contributed by atoms with van der Waals surface area (Å²) in [5, 5.41) is 10.1. The van der Waals surface area contributed by atoms with Crippen molar-refractivity contribution in [3.8, 4) is 16.9 Å². The monoisotopic (exact) mass is 454 g/mol. The van der Waals surface area contributed by atoms with E-state index in [1.165, 1.54) is 18.2 Å². The number of halogens is 1. The van der Waals surface area contributed by atoms with Crippen molar-refractivity contribution in [3.05, 3.63) is 114 Å². The maximum Gasteiger partial charge on any atom is 0.251 e. The Balaban J connectivity index is 1.49. The summed E-state index contributed by atoms with van der Waals surface area (Å²) >= 11 is 0. The number of amides is 2. The first-order chi connectivity index (χ1) is 16.5. The van der Waals surface area contributed by atoms with Crippen LogP contribution in [-0.2, 0) is 11.3 Å². The molecule has 6 nitrogen and oxygen atoms in total. The van der Waals surface area contributed by atoms with Gasteiger partial charge in [0.15, 0.2) is 0 Å². The normalized spacial score (nSPS) is 10.9. The summed E-state index contributed by atoms with van der Waals surface area (Å²) in [6, 6.07) is 22.7. The third kappa shape index (κ3) is 5.45. The third-order valence-electron chi connectivity index (χ3n) is 5.21. The van der Waals surface area contributed by atoms with Crippen LogP contribution in [0.15, 0.2) is 91.1 Å². The molecule has 0 saturated heterocycles. The SMILES string of the molecule is CNC(=O)c1ccc(/C=C/C(=O)NCc2cn(-c3ccccc3)nc2-c2ccc(F)cc2)cc1. The molecule has 4 rings (SSSR count). The van der Waals surface area contributed by atoms with E-state index in [9.17, 15) is 14.0 Å². The molecule has 0 bridgehead atoms. The molecule has 1 aromatic heterocycles. The standard InChI is InChI=1S/C27H23FN4O2/c1-29-27(34)21-10-7-19(8-11-21)9-16-25(33)30-17-22-18-32(24-5-3-2-4-6-24)31-26(22)20-12-14-23(28)15-13-20/h2-16,18H,17H2,1H3,(H,29,34)(H,30,33)/b16-9+. The summed E-state index contributed by atoms with van der Waals surface area (Å²) < 4.78 is 15.2. The first-order valence-electron chi connectivity index (χ1n) is 10.7. The largest absolute Gasteiger partial charge is 0.355 e. The average Bonchev–Trinajstić information content (AvgIpc) is 3.31. The van der Waals surface area contributed by atoms with Crippen molar-refractivity contribution in [1.29, 1.82) is 0 Å². The first kappa shape index (κ1) is 22.7. The topological polar surface area (TPSA) is 76.0 Å². The van der Waals surface area contributed by atoms with Crippen LogP contribution in [-0.4, -0.2) is 28.6 Å².